The van der Waals surface area contributed by atoms with Gasteiger partial charge in [0.25, 0.3) is 0 Å². The maximum Gasteiger partial charge on any atom is 0.234 e. The number of rotatable bonds is 7. The highest BCUT2D eigenvalue weighted by molar-refractivity contribution is 5.78. The molecule has 1 fully saturated rings. The van der Waals surface area contributed by atoms with Crippen molar-refractivity contribution in [3.05, 3.63) is 24.2 Å². The molecule has 0 aromatic carbocycles. The van der Waals surface area contributed by atoms with E-state index in [2.05, 4.69) is 5.32 Å². The van der Waals surface area contributed by atoms with E-state index in [4.69, 9.17) is 4.42 Å². The third-order valence-corrected chi connectivity index (χ3v) is 3.43. The van der Waals surface area contributed by atoms with E-state index in [0.717, 1.165) is 18.6 Å². The fourth-order valence-electron chi connectivity index (χ4n) is 2.16. The first-order chi connectivity index (χ1) is 9.06. The Hall–Kier alpha value is -1.33. The molecule has 2 N–H and O–H groups in total. The van der Waals surface area contributed by atoms with E-state index in [1.807, 2.05) is 24.9 Å². The summed E-state index contributed by atoms with van der Waals surface area (Å²) in [5.41, 5.74) is 0. The van der Waals surface area contributed by atoms with Crippen LogP contribution in [-0.4, -0.2) is 42.2 Å². The number of carbonyl (C=O) groups is 1. The standard InChI is InChI=1S/C14H22N2O3/c1-10(13-4-3-7-19-13)15-14(18)9-16(2)8-12(17)11-5-6-11/h3-4,7,10-12,17H,5-6,8-9H2,1-2H3,(H,15,18). The van der Waals surface area contributed by atoms with E-state index < -0.39 is 0 Å². The van der Waals surface area contributed by atoms with Crippen LogP contribution in [0.1, 0.15) is 31.6 Å². The van der Waals surface area contributed by atoms with Crippen LogP contribution in [0.25, 0.3) is 0 Å². The van der Waals surface area contributed by atoms with Crippen LogP contribution in [0.15, 0.2) is 22.8 Å². The summed E-state index contributed by atoms with van der Waals surface area (Å²) in [6.07, 6.45) is 3.50. The summed E-state index contributed by atoms with van der Waals surface area (Å²) >= 11 is 0. The Balaban J connectivity index is 1.71. The zero-order chi connectivity index (χ0) is 13.8. The Morgan fingerprint density at radius 1 is 1.63 bits per heavy atom. The van der Waals surface area contributed by atoms with Crippen molar-refractivity contribution in [3.8, 4) is 0 Å². The molecule has 0 saturated heterocycles. The Morgan fingerprint density at radius 2 is 2.37 bits per heavy atom. The van der Waals surface area contributed by atoms with Gasteiger partial charge in [-0.1, -0.05) is 0 Å². The van der Waals surface area contributed by atoms with Gasteiger partial charge in [-0.25, -0.2) is 0 Å². The molecule has 1 aromatic heterocycles. The molecule has 0 aliphatic heterocycles. The molecule has 5 heteroatoms. The van der Waals surface area contributed by atoms with Crippen molar-refractivity contribution in [2.75, 3.05) is 20.1 Å². The Kier molecular flexibility index (Phi) is 4.61. The normalized spacial score (nSPS) is 18.3. The van der Waals surface area contributed by atoms with Crippen LogP contribution < -0.4 is 5.32 Å². The number of amides is 1. The Morgan fingerprint density at radius 3 is 2.95 bits per heavy atom. The zero-order valence-electron chi connectivity index (χ0n) is 11.5. The highest BCUT2D eigenvalue weighted by atomic mass is 16.3. The van der Waals surface area contributed by atoms with Gasteiger partial charge in [0, 0.05) is 6.54 Å². The van der Waals surface area contributed by atoms with Crippen LogP contribution in [0.5, 0.6) is 0 Å². The molecule has 5 nitrogen and oxygen atoms in total. The lowest BCUT2D eigenvalue weighted by Crippen LogP contribution is -2.39. The molecule has 0 radical (unpaired) electrons. The topological polar surface area (TPSA) is 65.7 Å². The molecule has 2 unspecified atom stereocenters. The van der Waals surface area contributed by atoms with Crippen molar-refractivity contribution in [2.24, 2.45) is 5.92 Å². The lowest BCUT2D eigenvalue weighted by atomic mass is 10.2. The molecular weight excluding hydrogens is 244 g/mol. The minimum absolute atomic E-state index is 0.0607. The van der Waals surface area contributed by atoms with Crippen molar-refractivity contribution in [2.45, 2.75) is 31.9 Å². The summed E-state index contributed by atoms with van der Waals surface area (Å²) in [4.78, 5) is 13.7. The van der Waals surface area contributed by atoms with Crippen molar-refractivity contribution in [1.29, 1.82) is 0 Å². The number of likely N-dealkylation sites (N-methyl/N-ethyl adjacent to an activating group) is 1. The lowest BCUT2D eigenvalue weighted by molar-refractivity contribution is -0.123. The largest absolute Gasteiger partial charge is 0.467 e. The molecule has 2 atom stereocenters. The Labute approximate surface area is 113 Å². The first-order valence-electron chi connectivity index (χ1n) is 6.75. The van der Waals surface area contributed by atoms with Gasteiger partial charge in [-0.15, -0.1) is 0 Å². The monoisotopic (exact) mass is 266 g/mol. The number of nitrogens with one attached hydrogen (secondary N) is 1. The molecule has 1 aliphatic carbocycles. The summed E-state index contributed by atoms with van der Waals surface area (Å²) in [5, 5.41) is 12.7. The minimum Gasteiger partial charge on any atom is -0.467 e. The molecule has 1 aliphatic rings. The lowest BCUT2D eigenvalue weighted by Gasteiger charge is -2.20. The van der Waals surface area contributed by atoms with Gasteiger partial charge in [-0.05, 0) is 44.9 Å². The summed E-state index contributed by atoms with van der Waals surface area (Å²) in [6, 6.07) is 3.51. The molecule has 1 aromatic rings. The second-order valence-electron chi connectivity index (χ2n) is 5.41. The van der Waals surface area contributed by atoms with Crippen molar-refractivity contribution < 1.29 is 14.3 Å². The van der Waals surface area contributed by atoms with Crippen molar-refractivity contribution in [1.82, 2.24) is 10.2 Å². The van der Waals surface area contributed by atoms with Gasteiger partial charge >= 0.3 is 0 Å². The van der Waals surface area contributed by atoms with E-state index in [1.54, 1.807) is 12.3 Å². The molecule has 0 spiro atoms. The van der Waals surface area contributed by atoms with Crippen molar-refractivity contribution in [3.63, 3.8) is 0 Å². The molecule has 2 rings (SSSR count). The number of aliphatic hydroxyl groups excluding tert-OH is 1. The molecule has 106 valence electrons. The van der Waals surface area contributed by atoms with Crippen LogP contribution in [0, 0.1) is 5.92 Å². The summed E-state index contributed by atoms with van der Waals surface area (Å²) in [5.74, 6) is 1.12. The highest BCUT2D eigenvalue weighted by Crippen LogP contribution is 2.32. The van der Waals surface area contributed by atoms with E-state index in [1.165, 1.54) is 0 Å². The predicted octanol–water partition coefficient (Wildman–Crippen LogP) is 1.16. The van der Waals surface area contributed by atoms with E-state index >= 15 is 0 Å². The van der Waals surface area contributed by atoms with E-state index in [-0.39, 0.29) is 24.6 Å². The van der Waals surface area contributed by atoms with Gasteiger partial charge in [0.15, 0.2) is 0 Å². The van der Waals surface area contributed by atoms with Crippen LogP contribution >= 0.6 is 0 Å². The van der Waals surface area contributed by atoms with Gasteiger partial charge in [0.2, 0.25) is 5.91 Å². The molecule has 1 heterocycles. The van der Waals surface area contributed by atoms with Crippen molar-refractivity contribution >= 4 is 5.91 Å². The van der Waals surface area contributed by atoms with Crippen LogP contribution in [-0.2, 0) is 4.79 Å². The van der Waals surface area contributed by atoms with Gasteiger partial charge in [0.05, 0.1) is 25.0 Å². The Bertz CT molecular complexity index is 401. The van der Waals surface area contributed by atoms with Crippen LogP contribution in [0.4, 0.5) is 0 Å². The maximum absolute atomic E-state index is 11.8. The number of carbonyl (C=O) groups excluding carboxylic acids is 1. The summed E-state index contributed by atoms with van der Waals surface area (Å²) in [6.45, 7) is 2.72. The maximum atomic E-state index is 11.8. The van der Waals surface area contributed by atoms with Gasteiger partial charge in [0.1, 0.15) is 5.76 Å². The number of hydrogen-bond donors (Lipinski definition) is 2. The quantitative estimate of drug-likeness (QED) is 0.777. The smallest absolute Gasteiger partial charge is 0.234 e. The SMILES string of the molecule is CC(NC(=O)CN(C)CC(O)C1CC1)c1ccco1. The van der Waals surface area contributed by atoms with Gasteiger partial charge in [-0.3, -0.25) is 9.69 Å². The van der Waals surface area contributed by atoms with Gasteiger partial charge < -0.3 is 14.8 Å². The van der Waals surface area contributed by atoms with E-state index in [9.17, 15) is 9.90 Å². The fourth-order valence-corrected chi connectivity index (χ4v) is 2.16. The summed E-state index contributed by atoms with van der Waals surface area (Å²) in [7, 11) is 1.85. The average molecular weight is 266 g/mol. The first-order valence-corrected chi connectivity index (χ1v) is 6.75. The third-order valence-electron chi connectivity index (χ3n) is 3.43. The fraction of sp³-hybridized carbons (Fsp3) is 0.643. The van der Waals surface area contributed by atoms with Crippen LogP contribution in [0.3, 0.4) is 0 Å². The zero-order valence-corrected chi connectivity index (χ0v) is 11.5. The number of hydrogen-bond acceptors (Lipinski definition) is 4. The summed E-state index contributed by atoms with van der Waals surface area (Å²) < 4.78 is 5.24. The highest BCUT2D eigenvalue weighted by Gasteiger charge is 2.30. The molecule has 19 heavy (non-hydrogen) atoms. The minimum atomic E-state index is -0.305. The van der Waals surface area contributed by atoms with E-state index in [0.29, 0.717) is 12.5 Å². The number of furan rings is 1. The first kappa shape index (κ1) is 14.1. The average Bonchev–Trinajstić information content (AvgIpc) is 3.04. The number of nitrogens with zero attached hydrogens (tertiary/aromatic N) is 1. The van der Waals surface area contributed by atoms with Gasteiger partial charge in [-0.2, -0.15) is 0 Å². The second-order valence-corrected chi connectivity index (χ2v) is 5.41. The second kappa shape index (κ2) is 6.21. The number of aliphatic hydroxyl groups is 1. The molecule has 1 amide bonds. The molecule has 0 bridgehead atoms. The molecule has 1 saturated carbocycles. The molecular formula is C14H22N2O3. The van der Waals surface area contributed by atoms with Crippen LogP contribution in [0.2, 0.25) is 0 Å². The predicted molar refractivity (Wildman–Crippen MR) is 71.5 cm³/mol. The third kappa shape index (κ3) is 4.36.